The molecule has 4 fully saturated rings. The molecule has 0 N–H and O–H groups in total. The van der Waals surface area contributed by atoms with E-state index in [1.807, 2.05) is 5.92 Å². The molecule has 0 saturated heterocycles. The van der Waals surface area contributed by atoms with Gasteiger partial charge in [0, 0.05) is 17.8 Å². The van der Waals surface area contributed by atoms with Gasteiger partial charge >= 0.3 is 0 Å². The average molecular weight is 135 g/mol. The number of hydrogen-bond acceptors (Lipinski definition) is 0. The molecule has 0 aliphatic heterocycles. The topological polar surface area (TPSA) is 0 Å². The van der Waals surface area contributed by atoms with Crippen molar-refractivity contribution in [3.8, 4) is 0 Å². The van der Waals surface area contributed by atoms with Crippen molar-refractivity contribution in [3.05, 3.63) is 5.92 Å². The Labute approximate surface area is 63.0 Å². The fraction of sp³-hybridized carbons (Fsp3) is 0.900. The van der Waals surface area contributed by atoms with E-state index >= 15 is 0 Å². The highest BCUT2D eigenvalue weighted by molar-refractivity contribution is 5.08. The molecule has 0 aromatic heterocycles. The average Bonchev–Trinajstić information content (AvgIpc) is 1.82. The predicted molar refractivity (Wildman–Crippen MR) is 41.4 cm³/mol. The first-order valence-corrected chi connectivity index (χ1v) is 4.73. The maximum Gasteiger partial charge on any atom is 0.0928 e. The lowest BCUT2D eigenvalue weighted by Crippen LogP contribution is -2.37. The Morgan fingerprint density at radius 2 is 1.10 bits per heavy atom. The highest BCUT2D eigenvalue weighted by Gasteiger charge is 2.48. The second-order valence-corrected chi connectivity index (χ2v) is 4.67. The molecule has 0 atom stereocenters. The molecule has 0 heterocycles. The lowest BCUT2D eigenvalue weighted by Gasteiger charge is -2.43. The molecule has 54 valence electrons. The van der Waals surface area contributed by atoms with Gasteiger partial charge in [-0.25, -0.2) is 0 Å². The third kappa shape index (κ3) is 0.652. The van der Waals surface area contributed by atoms with Gasteiger partial charge in [0.25, 0.3) is 0 Å². The quantitative estimate of drug-likeness (QED) is 0.448. The van der Waals surface area contributed by atoms with E-state index in [1.165, 1.54) is 19.3 Å². The van der Waals surface area contributed by atoms with E-state index in [0.717, 1.165) is 17.8 Å². The van der Waals surface area contributed by atoms with Gasteiger partial charge in [-0.15, -0.1) is 0 Å². The first-order valence-electron chi connectivity index (χ1n) is 4.73. The smallest absolute Gasteiger partial charge is 0.0394 e. The normalized spacial score (nSPS) is 50.4. The maximum absolute atomic E-state index is 1.93. The summed E-state index contributed by atoms with van der Waals surface area (Å²) >= 11 is 0. The summed E-state index contributed by atoms with van der Waals surface area (Å²) in [4.78, 5) is 0. The minimum absolute atomic E-state index is 1.14. The van der Waals surface area contributed by atoms with Gasteiger partial charge < -0.3 is 0 Å². The second kappa shape index (κ2) is 1.72. The lowest BCUT2D eigenvalue weighted by atomic mass is 9.56. The van der Waals surface area contributed by atoms with Crippen molar-refractivity contribution in [2.45, 2.75) is 38.5 Å². The first kappa shape index (κ1) is 5.51. The number of hydrogen-bond donors (Lipinski definition) is 0. The molecule has 0 amide bonds. The minimum Gasteiger partial charge on any atom is -0.0394 e. The molecule has 0 aromatic carbocycles. The number of rotatable bonds is 0. The molecule has 4 rings (SSSR count). The Balaban J connectivity index is 1.90. The largest absolute Gasteiger partial charge is 0.0928 e. The van der Waals surface area contributed by atoms with Gasteiger partial charge in [-0.1, -0.05) is 0 Å². The van der Waals surface area contributed by atoms with Crippen LogP contribution in [-0.2, 0) is 0 Å². The van der Waals surface area contributed by atoms with Crippen LogP contribution in [0.3, 0.4) is 0 Å². The Morgan fingerprint density at radius 3 is 1.40 bits per heavy atom. The summed E-state index contributed by atoms with van der Waals surface area (Å²) in [6.07, 6.45) is 9.31. The minimum atomic E-state index is 1.14. The Kier molecular flexibility index (Phi) is 0.948. The summed E-state index contributed by atoms with van der Waals surface area (Å²) in [6, 6.07) is 0. The van der Waals surface area contributed by atoms with Crippen LogP contribution in [-0.4, -0.2) is 0 Å². The zero-order valence-electron chi connectivity index (χ0n) is 6.47. The highest BCUT2D eigenvalue weighted by Crippen LogP contribution is 2.54. The highest BCUT2D eigenvalue weighted by atomic mass is 14.5. The maximum atomic E-state index is 1.93. The SMILES string of the molecule is C1[C+]2CC3CC1CC(C2)C3. The Morgan fingerprint density at radius 1 is 0.700 bits per heavy atom. The standard InChI is InChI=1S/C10H15/c1-7-2-9-4-8(1)5-10(3-7)6-9/h7-9H,1-6H2/q+1. The van der Waals surface area contributed by atoms with Gasteiger partial charge in [-0.2, -0.15) is 0 Å². The summed E-state index contributed by atoms with van der Waals surface area (Å²) in [5.74, 6) is 5.35. The van der Waals surface area contributed by atoms with E-state index in [0.29, 0.717) is 0 Å². The third-order valence-electron chi connectivity index (χ3n) is 3.73. The molecular formula is C10H15+. The summed E-state index contributed by atoms with van der Waals surface area (Å²) in [5.41, 5.74) is 0. The fourth-order valence-electron chi connectivity index (χ4n) is 3.68. The van der Waals surface area contributed by atoms with Crippen LogP contribution >= 0.6 is 0 Å². The van der Waals surface area contributed by atoms with E-state index in [2.05, 4.69) is 0 Å². The van der Waals surface area contributed by atoms with Crippen LogP contribution in [0.15, 0.2) is 0 Å². The van der Waals surface area contributed by atoms with Crippen LogP contribution < -0.4 is 0 Å². The summed E-state index contributed by atoms with van der Waals surface area (Å²) in [5, 5.41) is 0. The predicted octanol–water partition coefficient (Wildman–Crippen LogP) is 2.79. The molecule has 0 heteroatoms. The zero-order valence-corrected chi connectivity index (χ0v) is 6.47. The van der Waals surface area contributed by atoms with Crippen molar-refractivity contribution in [2.24, 2.45) is 17.8 Å². The first-order chi connectivity index (χ1) is 4.90. The van der Waals surface area contributed by atoms with Gasteiger partial charge in [-0.05, 0) is 19.3 Å². The van der Waals surface area contributed by atoms with E-state index in [9.17, 15) is 0 Å². The molecule has 4 aliphatic carbocycles. The van der Waals surface area contributed by atoms with Crippen molar-refractivity contribution >= 4 is 0 Å². The summed E-state index contributed by atoms with van der Waals surface area (Å²) < 4.78 is 0. The molecule has 0 aromatic rings. The van der Waals surface area contributed by atoms with Crippen LogP contribution in [0.5, 0.6) is 0 Å². The van der Waals surface area contributed by atoms with E-state index in [4.69, 9.17) is 0 Å². The van der Waals surface area contributed by atoms with E-state index in [-0.39, 0.29) is 0 Å². The van der Waals surface area contributed by atoms with Crippen molar-refractivity contribution < 1.29 is 0 Å². The Bertz CT molecular complexity index is 91.6. The zero-order chi connectivity index (χ0) is 6.55. The van der Waals surface area contributed by atoms with Crippen LogP contribution in [0.1, 0.15) is 38.5 Å². The van der Waals surface area contributed by atoms with Crippen molar-refractivity contribution in [3.63, 3.8) is 0 Å². The van der Waals surface area contributed by atoms with Gasteiger partial charge in [0.05, 0.1) is 25.2 Å². The van der Waals surface area contributed by atoms with Crippen LogP contribution in [0.4, 0.5) is 0 Å². The molecule has 4 aliphatic rings. The van der Waals surface area contributed by atoms with E-state index < -0.39 is 0 Å². The molecule has 4 saturated carbocycles. The Hall–Kier alpha value is -0.130. The van der Waals surface area contributed by atoms with Crippen LogP contribution in [0.2, 0.25) is 0 Å². The fourth-order valence-corrected chi connectivity index (χ4v) is 3.68. The van der Waals surface area contributed by atoms with Gasteiger partial charge in [0.2, 0.25) is 0 Å². The molecular weight excluding hydrogens is 120 g/mol. The van der Waals surface area contributed by atoms with Gasteiger partial charge in [-0.3, -0.25) is 0 Å². The molecule has 4 bridgehead atoms. The van der Waals surface area contributed by atoms with Gasteiger partial charge in [0.1, 0.15) is 0 Å². The van der Waals surface area contributed by atoms with Crippen LogP contribution in [0.25, 0.3) is 0 Å². The third-order valence-corrected chi connectivity index (χ3v) is 3.73. The van der Waals surface area contributed by atoms with Crippen molar-refractivity contribution in [2.75, 3.05) is 0 Å². The molecule has 0 unspecified atom stereocenters. The molecule has 10 heavy (non-hydrogen) atoms. The molecule has 0 spiro atoms. The molecule has 0 nitrogen and oxygen atoms in total. The van der Waals surface area contributed by atoms with E-state index in [1.54, 1.807) is 19.3 Å². The van der Waals surface area contributed by atoms with Crippen molar-refractivity contribution in [1.29, 1.82) is 0 Å². The second-order valence-electron chi connectivity index (χ2n) is 4.67. The van der Waals surface area contributed by atoms with Gasteiger partial charge in [0.15, 0.2) is 0 Å². The summed E-state index contributed by atoms with van der Waals surface area (Å²) in [7, 11) is 0. The lowest BCUT2D eigenvalue weighted by molar-refractivity contribution is 0.0920. The summed E-state index contributed by atoms with van der Waals surface area (Å²) in [6.45, 7) is 0. The van der Waals surface area contributed by atoms with Crippen molar-refractivity contribution in [1.82, 2.24) is 0 Å². The molecule has 0 radical (unpaired) electrons. The van der Waals surface area contributed by atoms with Crippen LogP contribution in [0, 0.1) is 23.7 Å². The monoisotopic (exact) mass is 135 g/mol.